The second-order valence-corrected chi connectivity index (χ2v) is 35.7. The number of H-pyrrole nitrogens is 2. The topological polar surface area (TPSA) is 305 Å². The van der Waals surface area contributed by atoms with Crippen molar-refractivity contribution in [2.24, 2.45) is 5.73 Å². The number of carbonyl (C=O) groups is 4. The number of Topliss-reactive ketones (excluding diaryl/α,β-unsaturated/α-hetero) is 2. The van der Waals surface area contributed by atoms with Crippen molar-refractivity contribution in [2.45, 2.75) is 193 Å². The number of esters is 1. The smallest absolute Gasteiger partial charge is 0.480 e. The lowest BCUT2D eigenvalue weighted by Crippen LogP contribution is -2.41. The van der Waals surface area contributed by atoms with Gasteiger partial charge in [0.05, 0.1) is 40.0 Å². The van der Waals surface area contributed by atoms with Crippen molar-refractivity contribution in [1.82, 2.24) is 69.4 Å². The first-order valence-electron chi connectivity index (χ1n) is 42.5. The standard InChI is InChI=1S/C29H22F6N4O.C21H16BrF6N3O.C13H17BN2O2.C13H11BrF2N2.C7H6F4N2O2.C6H11BrO2.C5H4F4N2/c30-20-8-16(9-21(31)12-20)7-18(11-22(40)15-39-26(29(34)35)13-25(38-39)28(32)33)27-23(4-2-6-36-27)19-10-17-3-1-5-24(17)37-14-19;22-16-2-1-3-29-19(16)12(4-11-5-13(23)8-14(24)6-11)7-15(32)10-31-18(21(27)28)9-17(30-31)20(25)26;1-12(2)13(3,4)18-14(17-12)10-7-9-5-6-15-11(9)16-8-10;14-11-2-1-3-18-13(11)12(17)6-8-4-9(15)7-10(16)5-8;8-6(9)3-1-4(7(10)11)13(12-3)2-5(14)15;1-6(2,3)9-5(8)4-7;6-4(7)2-1-3(5(8)9)11-10-2/h1-4,6,8-10,12-14,18,28-29H,5,7,11,15H2;1-3,5-6,8-9,12,20-21H,4,7,10H2;5-8H,1-4H3,(H,15,16);1-5,7,12H,6,17H2;1,6-7H,2H2,(H,14,15);4H2,1-3H3;1,4-5H,(H,10,11)/t18-;12-;;12-;;;/m11.0.../s1. The molecule has 49 heteroatoms. The maximum atomic E-state index is 14.0. The number of pyridine rings is 5. The summed E-state index contributed by atoms with van der Waals surface area (Å²) in [6.07, 6.45) is -9.58. The Kier molecular flexibility index (Phi) is 41.3. The number of nitrogens with two attached hydrogens (primary N) is 1. The summed E-state index contributed by atoms with van der Waals surface area (Å²) in [7, 11) is -0.346. The molecule has 143 heavy (non-hydrogen) atoms. The van der Waals surface area contributed by atoms with Crippen LogP contribution in [0.15, 0.2) is 186 Å². The number of hydrogen-bond donors (Lipinski definition) is 4. The Labute approximate surface area is 826 Å². The van der Waals surface area contributed by atoms with Gasteiger partial charge in [0, 0.05) is 117 Å². The number of halogens is 25. The molecule has 23 nitrogen and oxygen atoms in total. The number of ketones is 2. The normalized spacial score (nSPS) is 13.6. The van der Waals surface area contributed by atoms with Gasteiger partial charge in [-0.3, -0.25) is 58.3 Å². The fraction of sp³-hybridized carbons (Fsp3) is 0.330. The molecule has 0 saturated carbocycles. The molecule has 0 unspecified atom stereocenters. The van der Waals surface area contributed by atoms with E-state index in [-0.39, 0.29) is 72.0 Å². The van der Waals surface area contributed by atoms with Crippen LogP contribution >= 0.6 is 47.8 Å². The van der Waals surface area contributed by atoms with Gasteiger partial charge in [0.1, 0.15) is 117 Å². The lowest BCUT2D eigenvalue weighted by Gasteiger charge is -2.32. The number of aromatic amines is 2. The van der Waals surface area contributed by atoms with Crippen LogP contribution in [0.4, 0.5) is 96.6 Å². The Morgan fingerprint density at radius 2 is 0.937 bits per heavy atom. The van der Waals surface area contributed by atoms with Gasteiger partial charge >= 0.3 is 19.1 Å². The zero-order valence-electron chi connectivity index (χ0n) is 76.0. The molecule has 3 atom stereocenters. The number of nitrogens with one attached hydrogen (secondary N) is 2. The van der Waals surface area contributed by atoms with Crippen molar-refractivity contribution >= 4 is 101 Å². The predicted molar refractivity (Wildman–Crippen MR) is 490 cm³/mol. The van der Waals surface area contributed by atoms with E-state index in [1.54, 1.807) is 54.0 Å². The van der Waals surface area contributed by atoms with Gasteiger partial charge in [0.15, 0.2) is 11.6 Å². The summed E-state index contributed by atoms with van der Waals surface area (Å²) in [5, 5.41) is 24.4. The van der Waals surface area contributed by atoms with Crippen molar-refractivity contribution in [3.63, 3.8) is 0 Å². The highest BCUT2D eigenvalue weighted by Gasteiger charge is 2.52. The third kappa shape index (κ3) is 33.9. The molecule has 1 fully saturated rings. The molecule has 10 aromatic heterocycles. The number of ether oxygens (including phenoxy) is 1. The highest BCUT2D eigenvalue weighted by atomic mass is 79.9. The fourth-order valence-corrected chi connectivity index (χ4v) is 15.2. The van der Waals surface area contributed by atoms with Gasteiger partial charge in [0.2, 0.25) is 0 Å². The van der Waals surface area contributed by atoms with Crippen LogP contribution in [0.1, 0.15) is 221 Å². The molecule has 11 heterocycles. The van der Waals surface area contributed by atoms with Crippen molar-refractivity contribution in [1.29, 1.82) is 0 Å². The van der Waals surface area contributed by atoms with Crippen LogP contribution < -0.4 is 11.2 Å². The molecule has 764 valence electrons. The first-order valence-corrected chi connectivity index (χ1v) is 45.2. The number of carboxylic acids is 1. The predicted octanol–water partition coefficient (Wildman–Crippen LogP) is 24.3. The van der Waals surface area contributed by atoms with Crippen LogP contribution in [0.3, 0.4) is 0 Å². The minimum Gasteiger partial charge on any atom is -0.480 e. The van der Waals surface area contributed by atoms with Gasteiger partial charge in [-0.15, -0.1) is 0 Å². The monoisotopic (exact) mass is 2220 g/mol. The highest BCUT2D eigenvalue weighted by molar-refractivity contribution is 9.11. The minimum absolute atomic E-state index is 0.00813. The minimum atomic E-state index is -3.12. The van der Waals surface area contributed by atoms with E-state index in [4.69, 9.17) is 24.9 Å². The molecule has 13 aromatic rings. The molecule has 15 rings (SSSR count). The summed E-state index contributed by atoms with van der Waals surface area (Å²) in [6, 6.07) is 27.6. The number of aromatic nitrogens is 14. The summed E-state index contributed by atoms with van der Waals surface area (Å²) in [5.41, 5.74) is 6.38. The van der Waals surface area contributed by atoms with E-state index < -0.39 is 187 Å². The molecule has 2 aliphatic rings. The Morgan fingerprint density at radius 1 is 0.510 bits per heavy atom. The quantitative estimate of drug-likeness (QED) is 0.0141. The van der Waals surface area contributed by atoms with Gasteiger partial charge in [-0.25, -0.2) is 102 Å². The van der Waals surface area contributed by atoms with Crippen LogP contribution in [0.2, 0.25) is 0 Å². The van der Waals surface area contributed by atoms with Crippen LogP contribution in [-0.2, 0) is 78.5 Å². The number of carboxylic acid groups (broad SMARTS) is 1. The molecule has 0 radical (unpaired) electrons. The molecule has 0 amide bonds. The second-order valence-electron chi connectivity index (χ2n) is 33.5. The summed E-state index contributed by atoms with van der Waals surface area (Å²) in [6.45, 7) is 11.5. The SMILES string of the molecule is CC(C)(C)OC(=O)CBr.CC1(C)OB(c2cnc3[nH]ccc3c2)OC1(C)C.FC(F)c1cc(C(F)F)[nH]n1.N[C@@H](Cc1cc(F)cc(F)c1)c1ncccc1Br.O=C(C[C@@H](Cc1cc(F)cc(F)c1)c1ncccc1-c1cnc2c(c1)C=CC2)Cn1nc(C(F)F)cc1C(F)F.O=C(C[C@@H](Cc1cc(F)cc(F)c1)c1ncccc1Br)Cn1nc(C(F)F)cc1C(F)F.O=C(O)Cn1nc(C(F)F)cc1C(F)F. The van der Waals surface area contributed by atoms with Gasteiger partial charge in [-0.2, -0.15) is 20.4 Å². The first kappa shape index (κ1) is 114. The van der Waals surface area contributed by atoms with Crippen LogP contribution in [0.25, 0.3) is 28.2 Å². The van der Waals surface area contributed by atoms with Gasteiger partial charge in [-0.1, -0.05) is 34.1 Å². The van der Waals surface area contributed by atoms with E-state index in [1.165, 1.54) is 24.5 Å². The van der Waals surface area contributed by atoms with Gasteiger partial charge < -0.3 is 29.9 Å². The summed E-state index contributed by atoms with van der Waals surface area (Å²) < 4.78 is 302. The number of carbonyl (C=O) groups excluding carboxylic acids is 3. The number of alkyl halides is 17. The zero-order valence-corrected chi connectivity index (χ0v) is 80.8. The molecule has 1 aliphatic heterocycles. The largest absolute Gasteiger partial charge is 0.496 e. The van der Waals surface area contributed by atoms with E-state index in [1.807, 2.05) is 57.3 Å². The van der Waals surface area contributed by atoms with Crippen molar-refractivity contribution in [3.8, 4) is 11.1 Å². The third-order valence-corrected chi connectivity index (χ3v) is 22.7. The Hall–Kier alpha value is -12.3. The van der Waals surface area contributed by atoms with Crippen LogP contribution in [-0.4, -0.2) is 127 Å². The Morgan fingerprint density at radius 3 is 1.34 bits per heavy atom. The number of rotatable bonds is 30. The molecule has 0 bridgehead atoms. The second kappa shape index (κ2) is 51.7. The van der Waals surface area contributed by atoms with Crippen LogP contribution in [0.5, 0.6) is 0 Å². The molecular formula is C94H87BBr3F22N15O8. The lowest BCUT2D eigenvalue weighted by atomic mass is 9.80. The Balaban J connectivity index is 0.000000197. The molecule has 0 spiro atoms. The van der Waals surface area contributed by atoms with Crippen molar-refractivity contribution in [3.05, 3.63) is 311 Å². The molecular weight excluding hydrogens is 2140 g/mol. The zero-order chi connectivity index (χ0) is 105. The van der Waals surface area contributed by atoms with E-state index in [2.05, 4.69) is 132 Å². The number of fused-ring (bicyclic) bond motifs is 2. The Bertz CT molecular complexity index is 6410. The number of benzene rings is 3. The van der Waals surface area contributed by atoms with Crippen molar-refractivity contribution in [2.75, 3.05) is 5.33 Å². The van der Waals surface area contributed by atoms with E-state index in [0.29, 0.717) is 95.5 Å². The van der Waals surface area contributed by atoms with Gasteiger partial charge in [0.25, 0.3) is 51.4 Å². The van der Waals surface area contributed by atoms with Crippen molar-refractivity contribution < 1.29 is 135 Å². The molecule has 1 saturated heterocycles. The third-order valence-electron chi connectivity index (χ3n) is 20.9. The fourth-order valence-electron chi connectivity index (χ4n) is 14.0. The number of aliphatic carboxylic acids is 1. The summed E-state index contributed by atoms with van der Waals surface area (Å²) in [4.78, 5) is 71.5. The lowest BCUT2D eigenvalue weighted by molar-refractivity contribution is -0.151. The first-order chi connectivity index (χ1) is 67.2. The average Bonchev–Trinajstić information content (AvgIpc) is 1.65. The summed E-state index contributed by atoms with van der Waals surface area (Å²) >= 11 is 9.67. The summed E-state index contributed by atoms with van der Waals surface area (Å²) in [5.74, 6) is -8.62. The highest BCUT2D eigenvalue weighted by Crippen LogP contribution is 2.40. The molecule has 1 aliphatic carbocycles. The number of nitrogens with zero attached hydrogens (tertiary/aromatic N) is 12. The molecule has 3 aromatic carbocycles. The maximum Gasteiger partial charge on any atom is 0.496 e. The number of hydrogen-bond acceptors (Lipinski definition) is 17. The maximum absolute atomic E-state index is 14.0. The molecule has 5 N–H and O–H groups in total. The van der Waals surface area contributed by atoms with E-state index in [9.17, 15) is 116 Å². The van der Waals surface area contributed by atoms with Crippen LogP contribution in [0, 0.1) is 34.9 Å². The number of allylic oxidation sites excluding steroid dienone is 1. The van der Waals surface area contributed by atoms with E-state index >= 15 is 0 Å². The van der Waals surface area contributed by atoms with E-state index in [0.717, 1.165) is 68.6 Å². The van der Waals surface area contributed by atoms with Gasteiger partial charge in [-0.05, 0) is 231 Å². The average molecular weight is 2220 g/mol.